The first-order chi connectivity index (χ1) is 9.90. The van der Waals surface area contributed by atoms with Gasteiger partial charge in [-0.15, -0.1) is 0 Å². The van der Waals surface area contributed by atoms with Crippen LogP contribution >= 0.6 is 11.8 Å². The minimum absolute atomic E-state index is 0.0619. The number of anilines is 1. The Kier molecular flexibility index (Phi) is 4.27. The number of rotatable bonds is 4. The van der Waals surface area contributed by atoms with E-state index in [4.69, 9.17) is 10.5 Å². The first-order valence-corrected chi connectivity index (χ1v) is 7.25. The van der Waals surface area contributed by atoms with E-state index >= 15 is 0 Å². The van der Waals surface area contributed by atoms with Crippen molar-refractivity contribution in [1.29, 1.82) is 0 Å². The smallest absolute Gasteiger partial charge is 0.272 e. The van der Waals surface area contributed by atoms with E-state index in [0.29, 0.717) is 33.7 Å². The normalized spacial score (nSPS) is 10.4. The molecule has 2 N–H and O–H groups in total. The SMILES string of the molecule is CSc1nc(N)cc(Oc2cc(C)c([N+](=O)[O-])cc2C)n1. The maximum Gasteiger partial charge on any atom is 0.272 e. The Morgan fingerprint density at radius 2 is 1.95 bits per heavy atom. The summed E-state index contributed by atoms with van der Waals surface area (Å²) in [5.74, 6) is 1.12. The lowest BCUT2D eigenvalue weighted by atomic mass is 10.1. The first-order valence-electron chi connectivity index (χ1n) is 6.02. The quantitative estimate of drug-likeness (QED) is 0.400. The molecule has 0 aliphatic carbocycles. The zero-order valence-corrected chi connectivity index (χ0v) is 12.6. The van der Waals surface area contributed by atoms with Crippen LogP contribution in [0.25, 0.3) is 0 Å². The van der Waals surface area contributed by atoms with Crippen LogP contribution in [0.5, 0.6) is 11.6 Å². The molecule has 1 heterocycles. The number of nitrogen functional groups attached to an aromatic ring is 1. The molecule has 8 heteroatoms. The van der Waals surface area contributed by atoms with Gasteiger partial charge in [0.05, 0.1) is 4.92 Å². The van der Waals surface area contributed by atoms with Gasteiger partial charge < -0.3 is 10.5 Å². The molecule has 0 radical (unpaired) electrons. The van der Waals surface area contributed by atoms with Gasteiger partial charge in [-0.3, -0.25) is 10.1 Å². The van der Waals surface area contributed by atoms with Crippen molar-refractivity contribution in [2.45, 2.75) is 19.0 Å². The molecular formula is C13H14N4O3S. The van der Waals surface area contributed by atoms with Gasteiger partial charge in [-0.1, -0.05) is 11.8 Å². The summed E-state index contributed by atoms with van der Waals surface area (Å²) in [6, 6.07) is 4.60. The van der Waals surface area contributed by atoms with Crippen LogP contribution < -0.4 is 10.5 Å². The van der Waals surface area contributed by atoms with Crippen molar-refractivity contribution in [3.05, 3.63) is 39.4 Å². The summed E-state index contributed by atoms with van der Waals surface area (Å²) in [5, 5.41) is 11.4. The Morgan fingerprint density at radius 1 is 1.24 bits per heavy atom. The van der Waals surface area contributed by atoms with E-state index in [-0.39, 0.29) is 5.69 Å². The molecule has 0 spiro atoms. The summed E-state index contributed by atoms with van der Waals surface area (Å²) in [5.41, 5.74) is 6.92. The molecule has 1 aromatic carbocycles. The van der Waals surface area contributed by atoms with E-state index in [0.717, 1.165) is 0 Å². The van der Waals surface area contributed by atoms with Gasteiger partial charge in [-0.25, -0.2) is 4.98 Å². The lowest BCUT2D eigenvalue weighted by Gasteiger charge is -2.10. The number of nitrogens with two attached hydrogens (primary N) is 1. The average Bonchev–Trinajstić information content (AvgIpc) is 2.41. The molecule has 0 unspecified atom stereocenters. The second-order valence-electron chi connectivity index (χ2n) is 4.38. The van der Waals surface area contributed by atoms with Crippen molar-refractivity contribution in [3.8, 4) is 11.6 Å². The number of benzene rings is 1. The first kappa shape index (κ1) is 15.0. The minimum atomic E-state index is -0.416. The third-order valence-corrected chi connectivity index (χ3v) is 3.34. The maximum atomic E-state index is 10.9. The Hall–Kier alpha value is -2.35. The number of hydrogen-bond acceptors (Lipinski definition) is 7. The van der Waals surface area contributed by atoms with Crippen molar-refractivity contribution in [2.75, 3.05) is 12.0 Å². The van der Waals surface area contributed by atoms with Crippen LogP contribution in [0.3, 0.4) is 0 Å². The number of nitrogens with zero attached hydrogens (tertiary/aromatic N) is 3. The largest absolute Gasteiger partial charge is 0.439 e. The molecule has 0 bridgehead atoms. The highest BCUT2D eigenvalue weighted by molar-refractivity contribution is 7.98. The fourth-order valence-corrected chi connectivity index (χ4v) is 2.14. The summed E-state index contributed by atoms with van der Waals surface area (Å²) in [7, 11) is 0. The average molecular weight is 306 g/mol. The standard InChI is InChI=1S/C13H14N4O3S/c1-7-5-10(8(2)4-9(7)17(18)19)20-12-6-11(14)15-13(16-12)21-3/h4-6H,1-3H3,(H2,14,15,16). The number of nitro groups is 1. The molecule has 0 aliphatic heterocycles. The van der Waals surface area contributed by atoms with Gasteiger partial charge in [0.1, 0.15) is 11.6 Å². The van der Waals surface area contributed by atoms with Crippen LogP contribution in [0.15, 0.2) is 23.4 Å². The highest BCUT2D eigenvalue weighted by Gasteiger charge is 2.15. The van der Waals surface area contributed by atoms with Crippen LogP contribution in [0.2, 0.25) is 0 Å². The number of aryl methyl sites for hydroxylation is 2. The zero-order valence-electron chi connectivity index (χ0n) is 11.8. The Bertz CT molecular complexity index is 706. The molecule has 0 fully saturated rings. The molecule has 0 aliphatic rings. The van der Waals surface area contributed by atoms with Gasteiger partial charge >= 0.3 is 0 Å². The van der Waals surface area contributed by atoms with E-state index in [1.807, 2.05) is 6.26 Å². The van der Waals surface area contributed by atoms with Gasteiger partial charge in [0.15, 0.2) is 5.16 Å². The summed E-state index contributed by atoms with van der Waals surface area (Å²) in [4.78, 5) is 18.7. The summed E-state index contributed by atoms with van der Waals surface area (Å²) >= 11 is 1.35. The predicted molar refractivity (Wildman–Crippen MR) is 80.9 cm³/mol. The number of thioether (sulfide) groups is 1. The fourth-order valence-electron chi connectivity index (χ4n) is 1.76. The Balaban J connectivity index is 2.38. The zero-order chi connectivity index (χ0) is 15.6. The van der Waals surface area contributed by atoms with E-state index in [2.05, 4.69) is 9.97 Å². The van der Waals surface area contributed by atoms with Gasteiger partial charge in [-0.05, 0) is 31.7 Å². The van der Waals surface area contributed by atoms with E-state index in [1.165, 1.54) is 23.9 Å². The highest BCUT2D eigenvalue weighted by atomic mass is 32.2. The summed E-state index contributed by atoms with van der Waals surface area (Å²) < 4.78 is 5.68. The highest BCUT2D eigenvalue weighted by Crippen LogP contribution is 2.31. The third-order valence-electron chi connectivity index (χ3n) is 2.79. The lowest BCUT2D eigenvalue weighted by Crippen LogP contribution is -1.99. The van der Waals surface area contributed by atoms with Crippen LogP contribution in [0.1, 0.15) is 11.1 Å². The Morgan fingerprint density at radius 3 is 2.57 bits per heavy atom. The number of aromatic nitrogens is 2. The molecule has 7 nitrogen and oxygen atoms in total. The van der Waals surface area contributed by atoms with E-state index in [9.17, 15) is 10.1 Å². The molecule has 2 rings (SSSR count). The predicted octanol–water partition coefficient (Wildman–Crippen LogP) is 3.10. The van der Waals surface area contributed by atoms with Gasteiger partial charge in [0, 0.05) is 17.7 Å². The van der Waals surface area contributed by atoms with Gasteiger partial charge in [0.25, 0.3) is 5.69 Å². The molecule has 2 aromatic rings. The van der Waals surface area contributed by atoms with Crippen molar-refractivity contribution in [3.63, 3.8) is 0 Å². The molecule has 0 saturated carbocycles. The van der Waals surface area contributed by atoms with E-state index in [1.54, 1.807) is 19.9 Å². The van der Waals surface area contributed by atoms with E-state index < -0.39 is 4.92 Å². The summed E-state index contributed by atoms with van der Waals surface area (Å²) in [6.07, 6.45) is 1.83. The molecule has 21 heavy (non-hydrogen) atoms. The van der Waals surface area contributed by atoms with Crippen molar-refractivity contribution >= 4 is 23.3 Å². The third kappa shape index (κ3) is 3.40. The van der Waals surface area contributed by atoms with Crippen LogP contribution in [0, 0.1) is 24.0 Å². The number of hydrogen-bond donors (Lipinski definition) is 1. The van der Waals surface area contributed by atoms with Crippen molar-refractivity contribution in [2.24, 2.45) is 0 Å². The fraction of sp³-hybridized carbons (Fsp3) is 0.231. The maximum absolute atomic E-state index is 10.9. The molecule has 0 amide bonds. The second-order valence-corrected chi connectivity index (χ2v) is 5.15. The number of ether oxygens (including phenoxy) is 1. The van der Waals surface area contributed by atoms with Crippen LogP contribution in [0.4, 0.5) is 11.5 Å². The lowest BCUT2D eigenvalue weighted by molar-refractivity contribution is -0.385. The Labute approximate surface area is 125 Å². The monoisotopic (exact) mass is 306 g/mol. The minimum Gasteiger partial charge on any atom is -0.439 e. The molecule has 110 valence electrons. The van der Waals surface area contributed by atoms with Gasteiger partial charge in [-0.2, -0.15) is 4.98 Å². The van der Waals surface area contributed by atoms with Crippen molar-refractivity contribution < 1.29 is 9.66 Å². The molecule has 0 atom stereocenters. The molecule has 0 saturated heterocycles. The molecule has 1 aromatic heterocycles. The topological polar surface area (TPSA) is 104 Å². The molecular weight excluding hydrogens is 292 g/mol. The summed E-state index contributed by atoms with van der Waals surface area (Å²) in [6.45, 7) is 3.40. The van der Waals surface area contributed by atoms with Crippen LogP contribution in [-0.4, -0.2) is 21.1 Å². The van der Waals surface area contributed by atoms with Crippen LogP contribution in [-0.2, 0) is 0 Å². The van der Waals surface area contributed by atoms with Gasteiger partial charge in [0.2, 0.25) is 5.88 Å². The second kappa shape index (κ2) is 5.96. The number of nitro benzene ring substituents is 1. The van der Waals surface area contributed by atoms with Crippen molar-refractivity contribution in [1.82, 2.24) is 9.97 Å².